The van der Waals surface area contributed by atoms with Gasteiger partial charge in [0.15, 0.2) is 0 Å². The molecule has 1 aromatic carbocycles. The normalized spacial score (nSPS) is 12.5. The summed E-state index contributed by atoms with van der Waals surface area (Å²) in [5.74, 6) is -0.382. The predicted molar refractivity (Wildman–Crippen MR) is 62.6 cm³/mol. The molecule has 1 rings (SSSR count). The van der Waals surface area contributed by atoms with Crippen molar-refractivity contribution in [3.8, 4) is 0 Å². The molecule has 3 heteroatoms. The Hall–Kier alpha value is -0.860. The molecule has 0 fully saturated rings. The predicted octanol–water partition coefficient (Wildman–Crippen LogP) is 3.71. The van der Waals surface area contributed by atoms with Crippen molar-refractivity contribution in [2.24, 2.45) is 0 Å². The first-order valence-electron chi connectivity index (χ1n) is 4.83. The molecule has 0 bridgehead atoms. The molecule has 0 heterocycles. The molecule has 1 aromatic rings. The third-order valence-corrected chi connectivity index (χ3v) is 2.44. The zero-order chi connectivity index (χ0) is 11.4. The smallest absolute Gasteiger partial charge is 0.141 e. The number of hydrogen-bond acceptors (Lipinski definition) is 1. The lowest BCUT2D eigenvalue weighted by Crippen LogP contribution is -2.20. The van der Waals surface area contributed by atoms with Gasteiger partial charge in [0, 0.05) is 12.6 Å². The summed E-state index contributed by atoms with van der Waals surface area (Å²) in [6, 6.07) is 4.90. The van der Waals surface area contributed by atoms with Gasteiger partial charge in [0.2, 0.25) is 0 Å². The van der Waals surface area contributed by atoms with Crippen molar-refractivity contribution in [1.29, 1.82) is 0 Å². The highest BCUT2D eigenvalue weighted by atomic mass is 35.5. The van der Waals surface area contributed by atoms with Gasteiger partial charge >= 0.3 is 0 Å². The van der Waals surface area contributed by atoms with Crippen LogP contribution in [0, 0.1) is 5.82 Å². The SMILES string of the molecule is C=C(C)CNC(C)c1ccc(F)c(Cl)c1. The molecule has 0 saturated heterocycles. The fourth-order valence-electron chi connectivity index (χ4n) is 1.23. The summed E-state index contributed by atoms with van der Waals surface area (Å²) in [5, 5.41) is 3.43. The fourth-order valence-corrected chi connectivity index (χ4v) is 1.42. The molecular weight excluding hydrogens is 213 g/mol. The van der Waals surface area contributed by atoms with Crippen LogP contribution < -0.4 is 5.32 Å². The molecule has 15 heavy (non-hydrogen) atoms. The van der Waals surface area contributed by atoms with Crippen molar-refractivity contribution in [1.82, 2.24) is 5.32 Å². The lowest BCUT2D eigenvalue weighted by Gasteiger charge is -2.14. The monoisotopic (exact) mass is 227 g/mol. The van der Waals surface area contributed by atoms with Crippen molar-refractivity contribution >= 4 is 11.6 Å². The highest BCUT2D eigenvalue weighted by Gasteiger charge is 2.07. The topological polar surface area (TPSA) is 12.0 Å². The summed E-state index contributed by atoms with van der Waals surface area (Å²) in [5.41, 5.74) is 2.04. The van der Waals surface area contributed by atoms with E-state index in [2.05, 4.69) is 11.9 Å². The van der Waals surface area contributed by atoms with Gasteiger partial charge < -0.3 is 5.32 Å². The fraction of sp³-hybridized carbons (Fsp3) is 0.333. The minimum Gasteiger partial charge on any atom is -0.306 e. The molecule has 82 valence electrons. The number of halogens is 2. The van der Waals surface area contributed by atoms with E-state index in [0.29, 0.717) is 0 Å². The number of nitrogens with one attached hydrogen (secondary N) is 1. The van der Waals surface area contributed by atoms with Gasteiger partial charge in [-0.05, 0) is 31.5 Å². The van der Waals surface area contributed by atoms with Gasteiger partial charge in [-0.25, -0.2) is 4.39 Å². The Kier molecular flexibility index (Phi) is 4.30. The molecular formula is C12H15ClFN. The average Bonchev–Trinajstić information content (AvgIpc) is 2.18. The molecule has 0 aromatic heterocycles. The van der Waals surface area contributed by atoms with E-state index in [1.165, 1.54) is 6.07 Å². The highest BCUT2D eigenvalue weighted by molar-refractivity contribution is 6.30. The number of benzene rings is 1. The van der Waals surface area contributed by atoms with Crippen molar-refractivity contribution in [3.05, 3.63) is 46.8 Å². The average molecular weight is 228 g/mol. The Morgan fingerprint density at radius 2 is 2.27 bits per heavy atom. The van der Waals surface area contributed by atoms with Gasteiger partial charge in [-0.2, -0.15) is 0 Å². The lowest BCUT2D eigenvalue weighted by molar-refractivity contribution is 0.599. The Labute approximate surface area is 95.0 Å². The van der Waals surface area contributed by atoms with Gasteiger partial charge in [0.05, 0.1) is 5.02 Å². The van der Waals surface area contributed by atoms with E-state index in [-0.39, 0.29) is 16.9 Å². The molecule has 1 nitrogen and oxygen atoms in total. The second-order valence-electron chi connectivity index (χ2n) is 3.73. The van der Waals surface area contributed by atoms with Gasteiger partial charge in [-0.1, -0.05) is 29.8 Å². The van der Waals surface area contributed by atoms with Crippen molar-refractivity contribution in [2.45, 2.75) is 19.9 Å². The van der Waals surface area contributed by atoms with Crippen molar-refractivity contribution in [2.75, 3.05) is 6.54 Å². The van der Waals surface area contributed by atoms with E-state index >= 15 is 0 Å². The quantitative estimate of drug-likeness (QED) is 0.774. The van der Waals surface area contributed by atoms with Crippen LogP contribution in [0.3, 0.4) is 0 Å². The maximum Gasteiger partial charge on any atom is 0.141 e. The molecule has 1 unspecified atom stereocenters. The van der Waals surface area contributed by atoms with Crippen LogP contribution in [-0.4, -0.2) is 6.54 Å². The molecule has 0 amide bonds. The van der Waals surface area contributed by atoms with E-state index in [9.17, 15) is 4.39 Å². The third-order valence-electron chi connectivity index (χ3n) is 2.15. The molecule has 1 atom stereocenters. The summed E-state index contributed by atoms with van der Waals surface area (Å²) < 4.78 is 12.9. The second kappa shape index (κ2) is 5.29. The van der Waals surface area contributed by atoms with E-state index in [1.807, 2.05) is 13.8 Å². The zero-order valence-corrected chi connectivity index (χ0v) is 9.74. The van der Waals surface area contributed by atoms with Crippen LogP contribution in [0.15, 0.2) is 30.4 Å². The molecule has 0 spiro atoms. The maximum atomic E-state index is 12.9. The summed E-state index contributed by atoms with van der Waals surface area (Å²) in [6.45, 7) is 8.51. The van der Waals surface area contributed by atoms with E-state index in [0.717, 1.165) is 17.7 Å². The van der Waals surface area contributed by atoms with E-state index in [4.69, 9.17) is 11.6 Å². The Balaban J connectivity index is 2.69. The lowest BCUT2D eigenvalue weighted by atomic mass is 10.1. The minimum atomic E-state index is -0.382. The first-order chi connectivity index (χ1) is 7.00. The Morgan fingerprint density at radius 3 is 2.80 bits per heavy atom. The van der Waals surface area contributed by atoms with Crippen LogP contribution in [0.4, 0.5) is 4.39 Å². The molecule has 0 aliphatic carbocycles. The molecule has 0 radical (unpaired) electrons. The molecule has 0 saturated carbocycles. The van der Waals surface area contributed by atoms with Crippen LogP contribution in [0.2, 0.25) is 5.02 Å². The van der Waals surface area contributed by atoms with Crippen LogP contribution in [-0.2, 0) is 0 Å². The minimum absolute atomic E-state index is 0.139. The third kappa shape index (κ3) is 3.65. The summed E-state index contributed by atoms with van der Waals surface area (Å²) in [6.07, 6.45) is 0. The second-order valence-corrected chi connectivity index (χ2v) is 4.14. The molecule has 0 aliphatic rings. The van der Waals surface area contributed by atoms with E-state index < -0.39 is 0 Å². The zero-order valence-electron chi connectivity index (χ0n) is 8.98. The maximum absolute atomic E-state index is 12.9. The first-order valence-corrected chi connectivity index (χ1v) is 5.21. The number of hydrogen-bond donors (Lipinski definition) is 1. The summed E-state index contributed by atoms with van der Waals surface area (Å²) in [4.78, 5) is 0. The van der Waals surface area contributed by atoms with Gasteiger partial charge in [-0.3, -0.25) is 0 Å². The molecule has 0 aliphatic heterocycles. The largest absolute Gasteiger partial charge is 0.306 e. The van der Waals surface area contributed by atoms with Crippen LogP contribution >= 0.6 is 11.6 Å². The van der Waals surface area contributed by atoms with Gasteiger partial charge in [-0.15, -0.1) is 0 Å². The summed E-state index contributed by atoms with van der Waals surface area (Å²) >= 11 is 5.70. The van der Waals surface area contributed by atoms with E-state index in [1.54, 1.807) is 12.1 Å². The standard InChI is InChI=1S/C12H15ClFN/c1-8(2)7-15-9(3)10-4-5-12(14)11(13)6-10/h4-6,9,15H,1,7H2,2-3H3. The molecule has 1 N–H and O–H groups in total. The van der Waals surface area contributed by atoms with Crippen LogP contribution in [0.1, 0.15) is 25.5 Å². The van der Waals surface area contributed by atoms with Gasteiger partial charge in [0.25, 0.3) is 0 Å². The Bertz CT molecular complexity index is 363. The number of rotatable bonds is 4. The van der Waals surface area contributed by atoms with Crippen LogP contribution in [0.5, 0.6) is 0 Å². The van der Waals surface area contributed by atoms with Crippen molar-refractivity contribution in [3.63, 3.8) is 0 Å². The summed E-state index contributed by atoms with van der Waals surface area (Å²) in [7, 11) is 0. The Morgan fingerprint density at radius 1 is 1.60 bits per heavy atom. The first kappa shape index (κ1) is 12.2. The van der Waals surface area contributed by atoms with Crippen LogP contribution in [0.25, 0.3) is 0 Å². The van der Waals surface area contributed by atoms with Gasteiger partial charge in [0.1, 0.15) is 5.82 Å². The highest BCUT2D eigenvalue weighted by Crippen LogP contribution is 2.20. The van der Waals surface area contributed by atoms with Crippen molar-refractivity contribution < 1.29 is 4.39 Å².